The lowest BCUT2D eigenvalue weighted by Crippen LogP contribution is -1.92. The molecule has 4 nitrogen and oxygen atoms in total. The van der Waals surface area contributed by atoms with Crippen LogP contribution in [0.25, 0.3) is 16.6 Å². The first-order valence-electron chi connectivity index (χ1n) is 4.37. The summed E-state index contributed by atoms with van der Waals surface area (Å²) in [6.45, 7) is 0. The van der Waals surface area contributed by atoms with E-state index >= 15 is 0 Å². The highest BCUT2D eigenvalue weighted by molar-refractivity contribution is 5.79. The van der Waals surface area contributed by atoms with E-state index in [1.807, 2.05) is 41.3 Å². The van der Waals surface area contributed by atoms with Crippen molar-refractivity contribution in [1.82, 2.24) is 20.0 Å². The molecule has 3 rings (SSSR count). The average molecular weight is 184 g/mol. The highest BCUT2D eigenvalue weighted by atomic mass is 15.3. The number of para-hydroxylation sites is 1. The van der Waals surface area contributed by atoms with Crippen molar-refractivity contribution in [1.29, 1.82) is 0 Å². The number of hydrogen-bond donors (Lipinski definition) is 1. The van der Waals surface area contributed by atoms with Crippen molar-refractivity contribution in [2.75, 3.05) is 0 Å². The van der Waals surface area contributed by atoms with Crippen LogP contribution in [0.5, 0.6) is 0 Å². The Morgan fingerprint density at radius 3 is 2.93 bits per heavy atom. The third kappa shape index (κ3) is 0.939. The van der Waals surface area contributed by atoms with Crippen LogP contribution in [0.1, 0.15) is 0 Å². The fourth-order valence-corrected chi connectivity index (χ4v) is 1.54. The van der Waals surface area contributed by atoms with Gasteiger partial charge in [-0.25, -0.2) is 4.68 Å². The van der Waals surface area contributed by atoms with Crippen molar-refractivity contribution >= 4 is 10.9 Å². The Morgan fingerprint density at radius 1 is 1.14 bits per heavy atom. The molecule has 0 saturated carbocycles. The fourth-order valence-electron chi connectivity index (χ4n) is 1.54. The number of nitrogens with one attached hydrogen (secondary N) is 1. The van der Waals surface area contributed by atoms with Crippen molar-refractivity contribution < 1.29 is 0 Å². The van der Waals surface area contributed by atoms with Gasteiger partial charge in [-0.05, 0) is 6.07 Å². The van der Waals surface area contributed by atoms with Crippen LogP contribution in [-0.2, 0) is 0 Å². The van der Waals surface area contributed by atoms with Crippen LogP contribution in [0.4, 0.5) is 0 Å². The van der Waals surface area contributed by atoms with Crippen LogP contribution in [0.3, 0.4) is 0 Å². The van der Waals surface area contributed by atoms with Crippen LogP contribution in [0.15, 0.2) is 42.9 Å². The fraction of sp³-hybridized carbons (Fsp3) is 0. The topological polar surface area (TPSA) is 46.5 Å². The number of aromatic amines is 1. The average Bonchev–Trinajstić information content (AvgIpc) is 2.85. The van der Waals surface area contributed by atoms with Crippen molar-refractivity contribution in [3.63, 3.8) is 0 Å². The zero-order chi connectivity index (χ0) is 9.38. The zero-order valence-corrected chi connectivity index (χ0v) is 7.38. The summed E-state index contributed by atoms with van der Waals surface area (Å²) >= 11 is 0. The molecule has 68 valence electrons. The predicted octanol–water partition coefficient (Wildman–Crippen LogP) is 1.75. The van der Waals surface area contributed by atoms with Crippen LogP contribution >= 0.6 is 0 Å². The zero-order valence-electron chi connectivity index (χ0n) is 7.38. The van der Waals surface area contributed by atoms with Gasteiger partial charge in [0.25, 0.3) is 0 Å². The van der Waals surface area contributed by atoms with Crippen LogP contribution in [0.2, 0.25) is 0 Å². The number of hydrogen-bond acceptors (Lipinski definition) is 2. The summed E-state index contributed by atoms with van der Waals surface area (Å²) in [6.07, 6.45) is 5.42. The molecule has 2 aromatic heterocycles. The molecule has 1 aromatic carbocycles. The van der Waals surface area contributed by atoms with E-state index in [0.717, 1.165) is 16.6 Å². The first-order chi connectivity index (χ1) is 6.95. The van der Waals surface area contributed by atoms with Gasteiger partial charge in [-0.15, -0.1) is 0 Å². The number of rotatable bonds is 1. The van der Waals surface area contributed by atoms with Crippen LogP contribution in [-0.4, -0.2) is 20.0 Å². The van der Waals surface area contributed by atoms with E-state index in [0.29, 0.717) is 0 Å². The Labute approximate surface area is 80.2 Å². The maximum Gasteiger partial charge on any atom is 0.103 e. The molecule has 3 aromatic rings. The minimum absolute atomic E-state index is 0.950. The van der Waals surface area contributed by atoms with Gasteiger partial charge in [-0.3, -0.25) is 5.10 Å². The van der Waals surface area contributed by atoms with Gasteiger partial charge in [0.2, 0.25) is 0 Å². The van der Waals surface area contributed by atoms with E-state index in [1.165, 1.54) is 0 Å². The van der Waals surface area contributed by atoms with Gasteiger partial charge in [-0.2, -0.15) is 10.2 Å². The summed E-state index contributed by atoms with van der Waals surface area (Å²) in [6, 6.07) is 8.08. The summed E-state index contributed by atoms with van der Waals surface area (Å²) in [4.78, 5) is 0. The van der Waals surface area contributed by atoms with Gasteiger partial charge >= 0.3 is 0 Å². The minimum atomic E-state index is 0.950. The smallest absolute Gasteiger partial charge is 0.103 e. The molecule has 0 spiro atoms. The van der Waals surface area contributed by atoms with E-state index < -0.39 is 0 Å². The molecule has 14 heavy (non-hydrogen) atoms. The Bertz CT molecular complexity index is 550. The lowest BCUT2D eigenvalue weighted by molar-refractivity contribution is 0.912. The van der Waals surface area contributed by atoms with Gasteiger partial charge in [0, 0.05) is 11.6 Å². The summed E-state index contributed by atoms with van der Waals surface area (Å²) in [5.41, 5.74) is 2.04. The predicted molar refractivity (Wildman–Crippen MR) is 53.2 cm³/mol. The third-order valence-corrected chi connectivity index (χ3v) is 2.21. The number of fused-ring (bicyclic) bond motifs is 1. The first kappa shape index (κ1) is 7.32. The Morgan fingerprint density at radius 2 is 2.07 bits per heavy atom. The summed E-state index contributed by atoms with van der Waals surface area (Å²) in [5.74, 6) is 0. The number of H-pyrrole nitrogens is 1. The molecule has 1 N–H and O–H groups in total. The number of aromatic nitrogens is 4. The van der Waals surface area contributed by atoms with Gasteiger partial charge in [0.1, 0.15) is 5.69 Å². The Kier molecular flexibility index (Phi) is 1.41. The second kappa shape index (κ2) is 2.70. The molecule has 0 atom stereocenters. The number of benzene rings is 1. The van der Waals surface area contributed by atoms with Crippen molar-refractivity contribution in [2.45, 2.75) is 0 Å². The standard InChI is InChI=1S/C10H8N4/c1-2-4-10-8(3-1)5-13-14(10)9-6-11-12-7-9/h1-7H,(H,11,12). The molecule has 0 aliphatic carbocycles. The molecule has 0 bridgehead atoms. The van der Waals surface area contributed by atoms with Gasteiger partial charge in [0.05, 0.1) is 17.9 Å². The molecule has 0 radical (unpaired) electrons. The van der Waals surface area contributed by atoms with Crippen molar-refractivity contribution in [2.24, 2.45) is 0 Å². The molecular weight excluding hydrogens is 176 g/mol. The lowest BCUT2D eigenvalue weighted by Gasteiger charge is -1.97. The minimum Gasteiger partial charge on any atom is -0.283 e. The number of nitrogens with zero attached hydrogens (tertiary/aromatic N) is 3. The molecule has 0 aliphatic rings. The molecule has 0 fully saturated rings. The van der Waals surface area contributed by atoms with Crippen molar-refractivity contribution in [3.8, 4) is 5.69 Å². The summed E-state index contributed by atoms with van der Waals surface area (Å²) < 4.78 is 1.86. The molecule has 0 aliphatic heterocycles. The van der Waals surface area contributed by atoms with Crippen LogP contribution < -0.4 is 0 Å². The molecule has 0 amide bonds. The van der Waals surface area contributed by atoms with E-state index in [-0.39, 0.29) is 0 Å². The maximum absolute atomic E-state index is 4.29. The molecular formula is C10H8N4. The quantitative estimate of drug-likeness (QED) is 0.626. The van der Waals surface area contributed by atoms with E-state index in [2.05, 4.69) is 15.3 Å². The first-order valence-corrected chi connectivity index (χ1v) is 4.37. The molecule has 2 heterocycles. The molecule has 4 heteroatoms. The van der Waals surface area contributed by atoms with Gasteiger partial charge in [0.15, 0.2) is 0 Å². The van der Waals surface area contributed by atoms with Gasteiger partial charge in [-0.1, -0.05) is 18.2 Å². The highest BCUT2D eigenvalue weighted by Gasteiger charge is 2.03. The molecule has 0 saturated heterocycles. The molecule has 0 unspecified atom stereocenters. The van der Waals surface area contributed by atoms with E-state index in [4.69, 9.17) is 0 Å². The lowest BCUT2D eigenvalue weighted by atomic mass is 10.2. The van der Waals surface area contributed by atoms with Crippen LogP contribution in [0, 0.1) is 0 Å². The Balaban J connectivity index is 2.33. The Hall–Kier alpha value is -2.10. The van der Waals surface area contributed by atoms with Crippen molar-refractivity contribution in [3.05, 3.63) is 42.9 Å². The second-order valence-corrected chi connectivity index (χ2v) is 3.07. The maximum atomic E-state index is 4.29. The second-order valence-electron chi connectivity index (χ2n) is 3.07. The largest absolute Gasteiger partial charge is 0.283 e. The third-order valence-electron chi connectivity index (χ3n) is 2.21. The normalized spacial score (nSPS) is 10.9. The monoisotopic (exact) mass is 184 g/mol. The van der Waals surface area contributed by atoms with E-state index in [1.54, 1.807) is 6.20 Å². The summed E-state index contributed by atoms with van der Waals surface area (Å²) in [7, 11) is 0. The van der Waals surface area contributed by atoms with E-state index in [9.17, 15) is 0 Å². The summed E-state index contributed by atoms with van der Waals surface area (Å²) in [5, 5.41) is 12.1. The highest BCUT2D eigenvalue weighted by Crippen LogP contribution is 2.16. The SMILES string of the molecule is c1ccc2c(c1)cnn2-c1cn[nH]c1. The van der Waals surface area contributed by atoms with Gasteiger partial charge < -0.3 is 0 Å².